The van der Waals surface area contributed by atoms with Gasteiger partial charge in [0.1, 0.15) is 24.4 Å². The molecule has 1 aromatic heterocycles. The van der Waals surface area contributed by atoms with E-state index >= 15 is 0 Å². The van der Waals surface area contributed by atoms with E-state index in [0.717, 1.165) is 25.1 Å². The summed E-state index contributed by atoms with van der Waals surface area (Å²) >= 11 is 8.07. The molecule has 0 radical (unpaired) electrons. The number of aliphatic carboxylic acids is 1. The number of nitrogens with zero attached hydrogens (tertiary/aromatic N) is 1. The molecule has 0 saturated heterocycles. The molecule has 1 aromatic carbocycles. The number of methoxy groups -OCH3 is 1. The zero-order valence-corrected chi connectivity index (χ0v) is 19.9. The molecule has 34 heavy (non-hydrogen) atoms. The standard InChI is InChI=1S/C16H16ClNO2S.C6H12O7/c1-20-16(19)15(12-4-2-3-5-13(12)17)18-8-6-14-11(10-18)7-9-21-14;7-1-2(8)3(9)4(10)5(11)6(12)13/h2-5,7,9,15H,6,8,10H2,1H3;2-5,7-11H,1H2,(H,12,13)/t15-;2-,3-,4+,5-/m01/s1. The fourth-order valence-electron chi connectivity index (χ4n) is 3.44. The Kier molecular flexibility index (Phi) is 10.9. The molecule has 2 aromatic rings. The number of hydrogen-bond acceptors (Lipinski definition) is 10. The highest BCUT2D eigenvalue weighted by molar-refractivity contribution is 7.10. The topological polar surface area (TPSA) is 168 Å². The van der Waals surface area contributed by atoms with Crippen molar-refractivity contribution in [2.24, 2.45) is 0 Å². The summed E-state index contributed by atoms with van der Waals surface area (Å²) in [6.07, 6.45) is -6.87. The summed E-state index contributed by atoms with van der Waals surface area (Å²) in [7, 11) is 1.42. The van der Waals surface area contributed by atoms with E-state index < -0.39 is 43.0 Å². The quantitative estimate of drug-likeness (QED) is 0.266. The number of esters is 1. The molecule has 0 saturated carbocycles. The maximum Gasteiger partial charge on any atom is 0.335 e. The van der Waals surface area contributed by atoms with Crippen LogP contribution in [0.2, 0.25) is 5.02 Å². The second-order valence-corrected chi connectivity index (χ2v) is 8.96. The maximum absolute atomic E-state index is 12.3. The van der Waals surface area contributed by atoms with E-state index in [1.165, 1.54) is 17.6 Å². The average Bonchev–Trinajstić information content (AvgIpc) is 3.31. The van der Waals surface area contributed by atoms with Crippen molar-refractivity contribution in [1.29, 1.82) is 0 Å². The first-order chi connectivity index (χ1) is 16.1. The summed E-state index contributed by atoms with van der Waals surface area (Å²) < 4.78 is 5.01. The second-order valence-electron chi connectivity index (χ2n) is 7.55. The number of fused-ring (bicyclic) bond motifs is 1. The lowest BCUT2D eigenvalue weighted by atomic mass is 10.0. The van der Waals surface area contributed by atoms with Gasteiger partial charge in [0.15, 0.2) is 6.10 Å². The Hall–Kier alpha value is -2.09. The van der Waals surface area contributed by atoms with Gasteiger partial charge in [-0.1, -0.05) is 29.8 Å². The van der Waals surface area contributed by atoms with Crippen molar-refractivity contribution in [3.05, 3.63) is 56.7 Å². The van der Waals surface area contributed by atoms with Gasteiger partial charge in [-0.2, -0.15) is 0 Å². The smallest absolute Gasteiger partial charge is 0.335 e. The first-order valence-corrected chi connectivity index (χ1v) is 11.6. The highest BCUT2D eigenvalue weighted by Crippen LogP contribution is 2.33. The number of carboxylic acid groups (broad SMARTS) is 1. The highest BCUT2D eigenvalue weighted by Gasteiger charge is 2.34. The Morgan fingerprint density at radius 3 is 2.41 bits per heavy atom. The molecule has 0 unspecified atom stereocenters. The minimum Gasteiger partial charge on any atom is -0.479 e. The molecule has 6 N–H and O–H groups in total. The molecule has 3 rings (SSSR count). The van der Waals surface area contributed by atoms with Gasteiger partial charge in [-0.3, -0.25) is 4.90 Å². The fourth-order valence-corrected chi connectivity index (χ4v) is 4.57. The van der Waals surface area contributed by atoms with Crippen LogP contribution in [-0.4, -0.2) is 92.2 Å². The van der Waals surface area contributed by atoms with Crippen molar-refractivity contribution < 1.29 is 45.0 Å². The van der Waals surface area contributed by atoms with Crippen LogP contribution in [0.15, 0.2) is 35.7 Å². The van der Waals surface area contributed by atoms with Gasteiger partial charge in [0, 0.05) is 23.0 Å². The number of hydrogen-bond donors (Lipinski definition) is 6. The predicted molar refractivity (Wildman–Crippen MR) is 123 cm³/mol. The molecule has 0 fully saturated rings. The molecular formula is C22H28ClNO9S. The summed E-state index contributed by atoms with van der Waals surface area (Å²) in [5, 5.41) is 54.5. The molecular weight excluding hydrogens is 490 g/mol. The molecule has 2 heterocycles. The van der Waals surface area contributed by atoms with Crippen LogP contribution in [0.1, 0.15) is 22.0 Å². The van der Waals surface area contributed by atoms with Crippen LogP contribution >= 0.6 is 22.9 Å². The molecule has 10 nitrogen and oxygen atoms in total. The summed E-state index contributed by atoms with van der Waals surface area (Å²) in [5.41, 5.74) is 2.11. The number of carbonyl (C=O) groups excluding carboxylic acids is 1. The van der Waals surface area contributed by atoms with E-state index in [1.54, 1.807) is 11.3 Å². The molecule has 1 aliphatic heterocycles. The van der Waals surface area contributed by atoms with E-state index in [4.69, 9.17) is 47.0 Å². The third-order valence-corrected chi connectivity index (χ3v) is 6.70. The minimum atomic E-state index is -2.20. The van der Waals surface area contributed by atoms with Crippen molar-refractivity contribution >= 4 is 34.9 Å². The van der Waals surface area contributed by atoms with Gasteiger partial charge >= 0.3 is 11.9 Å². The van der Waals surface area contributed by atoms with Crippen LogP contribution in [-0.2, 0) is 27.3 Å². The zero-order valence-electron chi connectivity index (χ0n) is 18.3. The number of halogens is 1. The third-order valence-electron chi connectivity index (χ3n) is 5.33. The van der Waals surface area contributed by atoms with E-state index in [0.29, 0.717) is 5.02 Å². The van der Waals surface area contributed by atoms with Gasteiger partial charge in [-0.05, 0) is 35.1 Å². The molecule has 0 amide bonds. The molecule has 0 aliphatic carbocycles. The predicted octanol–water partition coefficient (Wildman–Crippen LogP) is 0.181. The summed E-state index contributed by atoms with van der Waals surface area (Å²) in [5.74, 6) is -1.99. The number of carbonyl (C=O) groups is 2. The number of ether oxygens (including phenoxy) is 1. The van der Waals surface area contributed by atoms with Crippen molar-refractivity contribution in [1.82, 2.24) is 4.90 Å². The van der Waals surface area contributed by atoms with Crippen LogP contribution in [0.4, 0.5) is 0 Å². The van der Waals surface area contributed by atoms with Crippen LogP contribution in [0, 0.1) is 0 Å². The lowest BCUT2D eigenvalue weighted by Gasteiger charge is -2.33. The minimum absolute atomic E-state index is 0.262. The Labute approximate surface area is 205 Å². The van der Waals surface area contributed by atoms with E-state index in [1.807, 2.05) is 24.3 Å². The second kappa shape index (κ2) is 13.1. The van der Waals surface area contributed by atoms with Crippen LogP contribution in [0.25, 0.3) is 0 Å². The molecule has 188 valence electrons. The number of carboxylic acids is 1. The van der Waals surface area contributed by atoms with E-state index in [-0.39, 0.29) is 5.97 Å². The molecule has 1 aliphatic rings. The van der Waals surface area contributed by atoms with Gasteiger partial charge < -0.3 is 35.4 Å². The first kappa shape index (κ1) is 28.1. The monoisotopic (exact) mass is 517 g/mol. The third kappa shape index (κ3) is 6.96. The van der Waals surface area contributed by atoms with Crippen molar-refractivity contribution in [3.63, 3.8) is 0 Å². The molecule has 5 atom stereocenters. The normalized spacial score (nSPS) is 17.9. The number of aliphatic hydroxyl groups excluding tert-OH is 5. The maximum atomic E-state index is 12.3. The van der Waals surface area contributed by atoms with Crippen LogP contribution in [0.5, 0.6) is 0 Å². The SMILES string of the molecule is COC(=O)[C@H](c1ccccc1Cl)N1CCc2sccc2C1.O=C(O)[C@H](O)[C@@H](O)[C@H](O)[C@H](O)CO. The van der Waals surface area contributed by atoms with Crippen LogP contribution in [0.3, 0.4) is 0 Å². The van der Waals surface area contributed by atoms with Crippen molar-refractivity contribution in [2.45, 2.75) is 43.4 Å². The van der Waals surface area contributed by atoms with Crippen molar-refractivity contribution in [3.8, 4) is 0 Å². The fraction of sp³-hybridized carbons (Fsp3) is 0.455. The van der Waals surface area contributed by atoms with Crippen LogP contribution < -0.4 is 0 Å². The number of benzene rings is 1. The van der Waals surface area contributed by atoms with Gasteiger partial charge in [0.2, 0.25) is 0 Å². The average molecular weight is 518 g/mol. The van der Waals surface area contributed by atoms with Gasteiger partial charge in [-0.25, -0.2) is 9.59 Å². The summed E-state index contributed by atoms with van der Waals surface area (Å²) in [4.78, 5) is 25.9. The number of aliphatic hydroxyl groups is 5. The molecule has 0 spiro atoms. The Morgan fingerprint density at radius 1 is 1.15 bits per heavy atom. The highest BCUT2D eigenvalue weighted by atomic mass is 35.5. The number of thiophene rings is 1. The van der Waals surface area contributed by atoms with Gasteiger partial charge in [-0.15, -0.1) is 11.3 Å². The Balaban J connectivity index is 0.000000273. The van der Waals surface area contributed by atoms with Gasteiger partial charge in [0.05, 0.1) is 13.7 Å². The summed E-state index contributed by atoms with van der Waals surface area (Å²) in [6, 6.07) is 9.16. The number of rotatable bonds is 8. The van der Waals surface area contributed by atoms with E-state index in [2.05, 4.69) is 16.3 Å². The Morgan fingerprint density at radius 2 is 1.82 bits per heavy atom. The summed E-state index contributed by atoms with van der Waals surface area (Å²) in [6.45, 7) is 0.743. The Bertz CT molecular complexity index is 956. The van der Waals surface area contributed by atoms with Crippen molar-refractivity contribution in [2.75, 3.05) is 20.3 Å². The lowest BCUT2D eigenvalue weighted by Crippen LogP contribution is -2.48. The first-order valence-electron chi connectivity index (χ1n) is 10.3. The largest absolute Gasteiger partial charge is 0.479 e. The van der Waals surface area contributed by atoms with E-state index in [9.17, 15) is 9.59 Å². The van der Waals surface area contributed by atoms with Gasteiger partial charge in [0.25, 0.3) is 0 Å². The molecule has 0 bridgehead atoms. The zero-order chi connectivity index (χ0) is 25.4. The lowest BCUT2D eigenvalue weighted by molar-refractivity contribution is -0.164. The molecule has 12 heteroatoms.